The van der Waals surface area contributed by atoms with Gasteiger partial charge in [-0.25, -0.2) is 13.4 Å². The van der Waals surface area contributed by atoms with Crippen molar-refractivity contribution < 1.29 is 13.2 Å². The van der Waals surface area contributed by atoms with Crippen LogP contribution in [0.3, 0.4) is 0 Å². The smallest absolute Gasteiger partial charge is 0.262 e. The van der Waals surface area contributed by atoms with Crippen molar-refractivity contribution in [2.45, 2.75) is 4.90 Å². The second-order valence-corrected chi connectivity index (χ2v) is 6.25. The van der Waals surface area contributed by atoms with Gasteiger partial charge in [-0.05, 0) is 30.3 Å². The van der Waals surface area contributed by atoms with Crippen molar-refractivity contribution in [3.05, 3.63) is 46.7 Å². The van der Waals surface area contributed by atoms with Gasteiger partial charge in [-0.1, -0.05) is 23.2 Å². The Kier molecular flexibility index (Phi) is 4.37. The molecule has 106 valence electrons. The van der Waals surface area contributed by atoms with Gasteiger partial charge in [-0.2, -0.15) is 0 Å². The number of pyridine rings is 1. The molecular weight excluding hydrogens is 323 g/mol. The van der Waals surface area contributed by atoms with Crippen molar-refractivity contribution in [3.63, 3.8) is 0 Å². The standard InChI is InChI=1S/C12H10Cl2N2O3S/c1-19-11-3-2-8(6-10(11)13)16-20(17,18)9-4-5-15-12(14)7-9/h2-7,16H,1H3. The van der Waals surface area contributed by atoms with E-state index in [1.807, 2.05) is 0 Å². The normalized spacial score (nSPS) is 11.2. The number of nitrogens with one attached hydrogen (secondary N) is 1. The highest BCUT2D eigenvalue weighted by atomic mass is 35.5. The zero-order chi connectivity index (χ0) is 14.8. The largest absolute Gasteiger partial charge is 0.495 e. The number of nitrogens with zero attached hydrogens (tertiary/aromatic N) is 1. The molecule has 0 atom stereocenters. The van der Waals surface area contributed by atoms with Gasteiger partial charge in [0, 0.05) is 6.20 Å². The number of ether oxygens (including phenoxy) is 1. The average Bonchev–Trinajstić information content (AvgIpc) is 2.38. The molecule has 1 heterocycles. The zero-order valence-corrected chi connectivity index (χ0v) is 12.6. The third-order valence-electron chi connectivity index (χ3n) is 2.41. The van der Waals surface area contributed by atoms with E-state index in [-0.39, 0.29) is 10.0 Å². The number of anilines is 1. The summed E-state index contributed by atoms with van der Waals surface area (Å²) >= 11 is 11.6. The Balaban J connectivity index is 2.31. The molecule has 1 aromatic carbocycles. The Morgan fingerprint density at radius 3 is 2.55 bits per heavy atom. The molecule has 2 rings (SSSR count). The van der Waals surface area contributed by atoms with Gasteiger partial charge in [0.2, 0.25) is 0 Å². The maximum absolute atomic E-state index is 12.1. The second-order valence-electron chi connectivity index (χ2n) is 3.77. The fourth-order valence-electron chi connectivity index (χ4n) is 1.50. The molecule has 1 N–H and O–H groups in total. The van der Waals surface area contributed by atoms with Crippen molar-refractivity contribution in [2.75, 3.05) is 11.8 Å². The summed E-state index contributed by atoms with van der Waals surface area (Å²) in [5.41, 5.74) is 0.323. The highest BCUT2D eigenvalue weighted by Crippen LogP contribution is 2.28. The van der Waals surface area contributed by atoms with E-state index < -0.39 is 10.0 Å². The molecule has 0 aliphatic carbocycles. The molecular formula is C12H10Cl2N2O3S. The lowest BCUT2D eigenvalue weighted by atomic mass is 10.3. The van der Waals surface area contributed by atoms with Gasteiger partial charge in [-0.15, -0.1) is 0 Å². The van der Waals surface area contributed by atoms with Crippen LogP contribution in [0.5, 0.6) is 5.75 Å². The molecule has 0 fully saturated rings. The van der Waals surface area contributed by atoms with Gasteiger partial charge in [0.25, 0.3) is 10.0 Å². The molecule has 1 aromatic heterocycles. The Morgan fingerprint density at radius 2 is 1.95 bits per heavy atom. The van der Waals surface area contributed by atoms with E-state index in [9.17, 15) is 8.42 Å². The summed E-state index contributed by atoms with van der Waals surface area (Å²) < 4.78 is 31.7. The first kappa shape index (κ1) is 14.9. The fourth-order valence-corrected chi connectivity index (χ4v) is 3.05. The van der Waals surface area contributed by atoms with Gasteiger partial charge in [-0.3, -0.25) is 4.72 Å². The highest BCUT2D eigenvalue weighted by Gasteiger charge is 2.15. The lowest BCUT2D eigenvalue weighted by Crippen LogP contribution is -2.13. The van der Waals surface area contributed by atoms with Gasteiger partial charge in [0.15, 0.2) is 0 Å². The van der Waals surface area contributed by atoms with Crippen LogP contribution in [-0.2, 0) is 10.0 Å². The molecule has 0 amide bonds. The van der Waals surface area contributed by atoms with E-state index in [1.165, 1.54) is 31.5 Å². The van der Waals surface area contributed by atoms with E-state index in [1.54, 1.807) is 12.1 Å². The van der Waals surface area contributed by atoms with E-state index in [4.69, 9.17) is 27.9 Å². The van der Waals surface area contributed by atoms with Gasteiger partial charge >= 0.3 is 0 Å². The molecule has 5 nitrogen and oxygen atoms in total. The highest BCUT2D eigenvalue weighted by molar-refractivity contribution is 7.92. The van der Waals surface area contributed by atoms with E-state index in [2.05, 4.69) is 9.71 Å². The summed E-state index contributed by atoms with van der Waals surface area (Å²) in [5, 5.41) is 0.404. The van der Waals surface area contributed by atoms with Crippen LogP contribution in [0.15, 0.2) is 41.4 Å². The summed E-state index contributed by atoms with van der Waals surface area (Å²) in [4.78, 5) is 3.75. The molecule has 8 heteroatoms. The molecule has 0 aliphatic rings. The summed E-state index contributed by atoms with van der Waals surface area (Å²) in [7, 11) is -2.27. The summed E-state index contributed by atoms with van der Waals surface area (Å²) in [6.07, 6.45) is 1.32. The number of hydrogen-bond donors (Lipinski definition) is 1. The average molecular weight is 333 g/mol. The first-order valence-corrected chi connectivity index (χ1v) is 7.64. The van der Waals surface area contributed by atoms with Gasteiger partial charge in [0.05, 0.1) is 22.7 Å². The lowest BCUT2D eigenvalue weighted by Gasteiger charge is -2.10. The van der Waals surface area contributed by atoms with Gasteiger partial charge < -0.3 is 4.74 Å². The number of rotatable bonds is 4. The Labute approximate surface area is 126 Å². The molecule has 2 aromatic rings. The van der Waals surface area contributed by atoms with E-state index >= 15 is 0 Å². The van der Waals surface area contributed by atoms with Gasteiger partial charge in [0.1, 0.15) is 10.9 Å². The predicted molar refractivity (Wildman–Crippen MR) is 78.1 cm³/mol. The quantitative estimate of drug-likeness (QED) is 0.873. The van der Waals surface area contributed by atoms with E-state index in [0.29, 0.717) is 16.5 Å². The van der Waals surface area contributed by atoms with Crippen LogP contribution in [0, 0.1) is 0 Å². The first-order chi connectivity index (χ1) is 9.42. The summed E-state index contributed by atoms with van der Waals surface area (Å²) in [5.74, 6) is 0.460. The molecule has 0 saturated carbocycles. The van der Waals surface area contributed by atoms with Crippen molar-refractivity contribution in [2.24, 2.45) is 0 Å². The minimum atomic E-state index is -3.75. The van der Waals surface area contributed by atoms with Crippen LogP contribution in [0.25, 0.3) is 0 Å². The van der Waals surface area contributed by atoms with E-state index in [0.717, 1.165) is 0 Å². The number of methoxy groups -OCH3 is 1. The third kappa shape index (κ3) is 3.33. The summed E-state index contributed by atoms with van der Waals surface area (Å²) in [6.45, 7) is 0. The number of aromatic nitrogens is 1. The SMILES string of the molecule is COc1ccc(NS(=O)(=O)c2ccnc(Cl)c2)cc1Cl. The zero-order valence-electron chi connectivity index (χ0n) is 10.3. The Bertz CT molecular complexity index is 735. The van der Waals surface area contributed by atoms with Crippen LogP contribution < -0.4 is 9.46 Å². The van der Waals surface area contributed by atoms with Crippen molar-refractivity contribution in [1.29, 1.82) is 0 Å². The first-order valence-electron chi connectivity index (χ1n) is 5.40. The number of sulfonamides is 1. The van der Waals surface area contributed by atoms with Crippen LogP contribution >= 0.6 is 23.2 Å². The third-order valence-corrected chi connectivity index (χ3v) is 4.29. The maximum atomic E-state index is 12.1. The molecule has 0 saturated heterocycles. The van der Waals surface area contributed by atoms with Crippen LogP contribution in [0.4, 0.5) is 5.69 Å². The monoisotopic (exact) mass is 332 g/mol. The minimum Gasteiger partial charge on any atom is -0.495 e. The Hall–Kier alpha value is -1.50. The summed E-state index contributed by atoms with van der Waals surface area (Å²) in [6, 6.07) is 7.18. The number of hydrogen-bond acceptors (Lipinski definition) is 4. The molecule has 0 unspecified atom stereocenters. The number of benzene rings is 1. The second kappa shape index (κ2) is 5.87. The van der Waals surface area contributed by atoms with Crippen LogP contribution in [-0.4, -0.2) is 20.5 Å². The predicted octanol–water partition coefficient (Wildman–Crippen LogP) is 3.20. The van der Waals surface area contributed by atoms with Crippen molar-refractivity contribution in [3.8, 4) is 5.75 Å². The maximum Gasteiger partial charge on any atom is 0.262 e. The fraction of sp³-hybridized carbons (Fsp3) is 0.0833. The van der Waals surface area contributed by atoms with Crippen LogP contribution in [0.2, 0.25) is 10.2 Å². The van der Waals surface area contributed by atoms with Crippen molar-refractivity contribution >= 4 is 38.9 Å². The molecule has 0 radical (unpaired) electrons. The van der Waals surface area contributed by atoms with Crippen LogP contribution in [0.1, 0.15) is 0 Å². The lowest BCUT2D eigenvalue weighted by molar-refractivity contribution is 0.415. The molecule has 20 heavy (non-hydrogen) atoms. The molecule has 0 aliphatic heterocycles. The van der Waals surface area contributed by atoms with Crippen molar-refractivity contribution in [1.82, 2.24) is 4.98 Å². The number of halogens is 2. The molecule has 0 spiro atoms. The Morgan fingerprint density at radius 1 is 1.20 bits per heavy atom. The topological polar surface area (TPSA) is 68.3 Å². The minimum absolute atomic E-state index is 0.0180. The molecule has 0 bridgehead atoms.